The van der Waals surface area contributed by atoms with E-state index in [2.05, 4.69) is 0 Å². The summed E-state index contributed by atoms with van der Waals surface area (Å²) >= 11 is 0. The minimum atomic E-state index is 0. The first-order valence-electron chi connectivity index (χ1n) is 0. The van der Waals surface area contributed by atoms with Crippen molar-refractivity contribution >= 4 is 20.2 Å². The third kappa shape index (κ3) is 1340. The average molecular weight is 86.1 g/mol. The number of rotatable bonds is 0. The zero-order valence-corrected chi connectivity index (χ0v) is 3.20. The average Bonchev–Trinajstić information content (AvgIpc) is 0. The molecule has 0 aromatic rings. The second-order valence-electron chi connectivity index (χ2n) is 0. The fraction of sp³-hybridized carbons (Fsp3) is 0. The van der Waals surface area contributed by atoms with Gasteiger partial charge in [0.2, 0.25) is 0 Å². The van der Waals surface area contributed by atoms with E-state index < -0.39 is 0 Å². The van der Waals surface area contributed by atoms with Crippen LogP contribution in [0.4, 0.5) is 0 Å². The molecule has 0 saturated heterocycles. The molecule has 4 nitrogen and oxygen atoms in total. The Balaban J connectivity index is 0. The van der Waals surface area contributed by atoms with E-state index in [-0.39, 0.29) is 42.1 Å². The molecule has 0 heterocycles. The van der Waals surface area contributed by atoms with Gasteiger partial charge in [0.25, 0.3) is 0 Å². The topological polar surface area (TPSA) is 120 Å². The fourth-order valence-electron chi connectivity index (χ4n) is 0. The van der Waals surface area contributed by atoms with Gasteiger partial charge in [0, 0.05) is 0 Å². The van der Waals surface area contributed by atoms with E-state index in [9.17, 15) is 0 Å². The van der Waals surface area contributed by atoms with Crippen LogP contribution in [-0.4, -0.2) is 42.1 Å². The maximum atomic E-state index is 0. The van der Waals surface area contributed by atoms with Crippen LogP contribution in [-0.2, 0) is 0 Å². The Morgan fingerprint density at radius 3 is 0.333 bits per heavy atom. The van der Waals surface area contributed by atoms with Crippen molar-refractivity contribution in [2.24, 2.45) is 0 Å². The van der Waals surface area contributed by atoms with Crippen LogP contribution >= 0.6 is 0 Å². The molecule has 0 spiro atoms. The molecule has 0 unspecified atom stereocenters. The predicted octanol–water partition coefficient (Wildman–Crippen LogP) is -1.47. The van der Waals surface area contributed by atoms with Crippen molar-refractivity contribution in [3.8, 4) is 0 Å². The molecule has 0 atom stereocenters. The minimum absolute atomic E-state index is 0. The summed E-state index contributed by atoms with van der Waals surface area (Å²) in [4.78, 5) is 0. The normalized spacial score (nSPS) is 0. The van der Waals surface area contributed by atoms with E-state index in [0.29, 0.717) is 0 Å². The summed E-state index contributed by atoms with van der Waals surface area (Å²) in [6.07, 6.45) is 0. The summed E-state index contributed by atoms with van der Waals surface area (Å²) < 4.78 is 0. The van der Waals surface area contributed by atoms with Crippen LogP contribution in [0.3, 0.4) is 0 Å². The summed E-state index contributed by atoms with van der Waals surface area (Å²) in [6.45, 7) is 0. The Bertz CT molecular complexity index is 5.51. The standard InChI is InChI=1S/2Be.4H2O/h;;4*1H2/q2*+2;;;;/p-4. The van der Waals surface area contributed by atoms with Crippen molar-refractivity contribution in [1.29, 1.82) is 0 Å². The van der Waals surface area contributed by atoms with E-state index in [1.54, 1.807) is 0 Å². The Hall–Kier alpha value is 0.178. The van der Waals surface area contributed by atoms with Gasteiger partial charge in [-0.05, 0) is 0 Å². The van der Waals surface area contributed by atoms with Gasteiger partial charge in [-0.25, -0.2) is 0 Å². The van der Waals surface area contributed by atoms with Crippen molar-refractivity contribution in [1.82, 2.24) is 0 Å². The van der Waals surface area contributed by atoms with Gasteiger partial charge in [-0.15, -0.1) is 0 Å². The Morgan fingerprint density at radius 1 is 0.333 bits per heavy atom. The first kappa shape index (κ1) is 5250. The molecule has 4 N–H and O–H groups in total. The third-order valence-electron chi connectivity index (χ3n) is 0. The van der Waals surface area contributed by atoms with E-state index in [4.69, 9.17) is 0 Å². The molecule has 0 aliphatic heterocycles. The zero-order valence-electron chi connectivity index (χ0n) is 3.20. The monoisotopic (exact) mass is 86.0 g/mol. The first-order chi connectivity index (χ1) is 0. The number of hydrogen-bond acceptors (Lipinski definition) is 4. The molecule has 0 saturated carbocycles. The van der Waals surface area contributed by atoms with Gasteiger partial charge in [-0.2, -0.15) is 0 Å². The van der Waals surface area contributed by atoms with Gasteiger partial charge >= 0.3 is 20.2 Å². The van der Waals surface area contributed by atoms with Gasteiger partial charge in [0.1, 0.15) is 0 Å². The molecular formula is H4Be2O4. The molecule has 0 fully saturated rings. The molecule has 0 aliphatic rings. The summed E-state index contributed by atoms with van der Waals surface area (Å²) in [5.74, 6) is 0. The Kier molecular flexibility index (Phi) is 2500000. The minimum Gasteiger partial charge on any atom is -0.870 e. The van der Waals surface area contributed by atoms with Crippen molar-refractivity contribution < 1.29 is 21.9 Å². The van der Waals surface area contributed by atoms with Gasteiger partial charge < -0.3 is 21.9 Å². The fourth-order valence-corrected chi connectivity index (χ4v) is 0. The number of hydrogen-bond donors (Lipinski definition) is 0. The second kappa shape index (κ2) is 2860. The van der Waals surface area contributed by atoms with Crippen molar-refractivity contribution in [2.45, 2.75) is 0 Å². The molecule has 0 radical (unpaired) electrons. The molecule has 0 rings (SSSR count). The Labute approximate surface area is 43.2 Å². The van der Waals surface area contributed by atoms with Crippen LogP contribution in [0.1, 0.15) is 0 Å². The van der Waals surface area contributed by atoms with Crippen LogP contribution in [0.2, 0.25) is 0 Å². The smallest absolute Gasteiger partial charge is 0.870 e. The molecule has 6 heteroatoms. The van der Waals surface area contributed by atoms with Crippen molar-refractivity contribution in [2.75, 3.05) is 0 Å². The maximum Gasteiger partial charge on any atom is 2.00 e. The Morgan fingerprint density at radius 2 is 0.333 bits per heavy atom. The molecule has 0 aliphatic carbocycles. The second-order valence-corrected chi connectivity index (χ2v) is 0. The van der Waals surface area contributed by atoms with Crippen LogP contribution in [0.5, 0.6) is 0 Å². The zero-order chi connectivity index (χ0) is 0. The molecule has 32 valence electrons. The van der Waals surface area contributed by atoms with E-state index >= 15 is 0 Å². The van der Waals surface area contributed by atoms with E-state index in [1.807, 2.05) is 0 Å². The summed E-state index contributed by atoms with van der Waals surface area (Å²) in [5.41, 5.74) is 0. The van der Waals surface area contributed by atoms with Gasteiger partial charge in [-0.1, -0.05) is 0 Å². The first-order valence-corrected chi connectivity index (χ1v) is 0. The SMILES string of the molecule is [Be+2].[Be+2].[OH-].[OH-].[OH-].[OH-]. The van der Waals surface area contributed by atoms with Gasteiger partial charge in [-0.3, -0.25) is 0 Å². The van der Waals surface area contributed by atoms with Gasteiger partial charge in [0.15, 0.2) is 0 Å². The van der Waals surface area contributed by atoms with E-state index in [1.165, 1.54) is 0 Å². The predicted molar refractivity (Wildman–Crippen MR) is 19.3 cm³/mol. The van der Waals surface area contributed by atoms with Crippen LogP contribution in [0.15, 0.2) is 0 Å². The summed E-state index contributed by atoms with van der Waals surface area (Å²) in [7, 11) is 0. The van der Waals surface area contributed by atoms with Crippen LogP contribution in [0, 0.1) is 0 Å². The molecule has 0 amide bonds. The summed E-state index contributed by atoms with van der Waals surface area (Å²) in [6, 6.07) is 0. The molecule has 0 aromatic heterocycles. The van der Waals surface area contributed by atoms with E-state index in [0.717, 1.165) is 0 Å². The van der Waals surface area contributed by atoms with Crippen LogP contribution in [0.25, 0.3) is 0 Å². The molecule has 6 heavy (non-hydrogen) atoms. The molecule has 0 bridgehead atoms. The van der Waals surface area contributed by atoms with Crippen LogP contribution < -0.4 is 0 Å². The quantitative estimate of drug-likeness (QED) is 0.334. The molecule has 0 aromatic carbocycles. The summed E-state index contributed by atoms with van der Waals surface area (Å²) in [5, 5.41) is 0. The van der Waals surface area contributed by atoms with Gasteiger partial charge in [0.05, 0.1) is 0 Å². The third-order valence-corrected chi connectivity index (χ3v) is 0. The molecular weight excluding hydrogens is 82.0 g/mol. The maximum absolute atomic E-state index is 0. The largest absolute Gasteiger partial charge is 2.00 e. The van der Waals surface area contributed by atoms with Crippen molar-refractivity contribution in [3.63, 3.8) is 0 Å². The van der Waals surface area contributed by atoms with Crippen molar-refractivity contribution in [3.05, 3.63) is 0 Å².